The van der Waals surface area contributed by atoms with E-state index >= 15 is 0 Å². The number of hydrogen-bond acceptors (Lipinski definition) is 2. The molecule has 0 aliphatic rings. The van der Waals surface area contributed by atoms with Crippen molar-refractivity contribution in [2.24, 2.45) is 0 Å². The average molecular weight is 260 g/mol. The van der Waals surface area contributed by atoms with Crippen molar-refractivity contribution < 1.29 is 18.0 Å². The van der Waals surface area contributed by atoms with Crippen molar-refractivity contribution in [3.8, 4) is 0 Å². The highest BCUT2D eigenvalue weighted by Gasteiger charge is 2.30. The van der Waals surface area contributed by atoms with Gasteiger partial charge in [0.15, 0.2) is 0 Å². The van der Waals surface area contributed by atoms with Crippen molar-refractivity contribution in [3.63, 3.8) is 0 Å². The third-order valence-electron chi connectivity index (χ3n) is 2.43. The van der Waals surface area contributed by atoms with Gasteiger partial charge in [-0.1, -0.05) is 12.1 Å². The molecule has 0 aromatic heterocycles. The van der Waals surface area contributed by atoms with E-state index in [-0.39, 0.29) is 12.5 Å². The van der Waals surface area contributed by atoms with Crippen molar-refractivity contribution in [2.75, 3.05) is 13.6 Å². The third kappa shape index (κ3) is 4.03. The Morgan fingerprint density at radius 2 is 2.06 bits per heavy atom. The molecule has 18 heavy (non-hydrogen) atoms. The number of carbonyl (C=O) groups excluding carboxylic acids is 1. The summed E-state index contributed by atoms with van der Waals surface area (Å²) in [6.07, 6.45) is -4.37. The van der Waals surface area contributed by atoms with Crippen molar-refractivity contribution in [1.29, 1.82) is 0 Å². The Morgan fingerprint density at radius 3 is 2.61 bits per heavy atom. The van der Waals surface area contributed by atoms with Crippen molar-refractivity contribution >= 4 is 5.91 Å². The first-order valence-corrected chi connectivity index (χ1v) is 5.45. The molecule has 3 nitrogen and oxygen atoms in total. The van der Waals surface area contributed by atoms with Crippen molar-refractivity contribution in [2.45, 2.75) is 19.1 Å². The van der Waals surface area contributed by atoms with Crippen LogP contribution in [0.4, 0.5) is 13.2 Å². The molecule has 0 saturated carbocycles. The number of alkyl halides is 3. The monoisotopic (exact) mass is 260 g/mol. The molecular formula is C12H15F3N2O. The van der Waals surface area contributed by atoms with E-state index in [0.29, 0.717) is 5.56 Å². The summed E-state index contributed by atoms with van der Waals surface area (Å²) >= 11 is 0. The maximum absolute atomic E-state index is 12.5. The molecule has 0 aliphatic carbocycles. The second-order valence-electron chi connectivity index (χ2n) is 3.94. The van der Waals surface area contributed by atoms with Crippen LogP contribution in [0.2, 0.25) is 0 Å². The molecule has 1 amide bonds. The Kier molecular flexibility index (Phi) is 4.72. The Hall–Kier alpha value is -1.56. The van der Waals surface area contributed by atoms with Gasteiger partial charge in [0, 0.05) is 0 Å². The van der Waals surface area contributed by atoms with Gasteiger partial charge in [0.05, 0.1) is 18.2 Å². The second-order valence-corrected chi connectivity index (χ2v) is 3.94. The first kappa shape index (κ1) is 14.5. The number of benzene rings is 1. The quantitative estimate of drug-likeness (QED) is 0.870. The molecule has 0 saturated heterocycles. The van der Waals surface area contributed by atoms with Gasteiger partial charge in [-0.2, -0.15) is 13.2 Å². The minimum absolute atomic E-state index is 0.128. The van der Waals surface area contributed by atoms with Gasteiger partial charge < -0.3 is 10.6 Å². The summed E-state index contributed by atoms with van der Waals surface area (Å²) in [5.74, 6) is -0.262. The first-order chi connectivity index (χ1) is 8.34. The van der Waals surface area contributed by atoms with E-state index in [0.717, 1.165) is 12.1 Å². The predicted octanol–water partition coefficient (Wildman–Crippen LogP) is 2.10. The zero-order valence-corrected chi connectivity index (χ0v) is 10.1. The maximum atomic E-state index is 12.5. The Balaban J connectivity index is 2.80. The molecule has 1 aromatic rings. The third-order valence-corrected chi connectivity index (χ3v) is 2.43. The van der Waals surface area contributed by atoms with Gasteiger partial charge in [0.1, 0.15) is 0 Å². The molecule has 0 heterocycles. The topological polar surface area (TPSA) is 41.1 Å². The van der Waals surface area contributed by atoms with E-state index in [9.17, 15) is 18.0 Å². The van der Waals surface area contributed by atoms with Crippen molar-refractivity contribution in [1.82, 2.24) is 10.6 Å². The summed E-state index contributed by atoms with van der Waals surface area (Å²) in [6, 6.07) is 4.47. The van der Waals surface area contributed by atoms with Crippen LogP contribution in [0.5, 0.6) is 0 Å². The van der Waals surface area contributed by atoms with Crippen molar-refractivity contribution in [3.05, 3.63) is 35.4 Å². The van der Waals surface area contributed by atoms with Crippen LogP contribution < -0.4 is 10.6 Å². The summed E-state index contributed by atoms with van der Waals surface area (Å²) in [5, 5.41) is 5.27. The fourth-order valence-electron chi connectivity index (χ4n) is 1.52. The van der Waals surface area contributed by atoms with Gasteiger partial charge in [-0.05, 0) is 31.7 Å². The SMILES string of the molecule is CNCC(=O)NC(C)c1cccc(C(F)(F)F)c1. The molecule has 1 unspecified atom stereocenters. The van der Waals surface area contributed by atoms with Gasteiger partial charge in [-0.15, -0.1) is 0 Å². The molecule has 0 bridgehead atoms. The number of hydrogen-bond donors (Lipinski definition) is 2. The number of nitrogens with one attached hydrogen (secondary N) is 2. The molecule has 0 spiro atoms. The predicted molar refractivity (Wildman–Crippen MR) is 61.9 cm³/mol. The lowest BCUT2D eigenvalue weighted by Gasteiger charge is -2.16. The normalized spacial score (nSPS) is 13.2. The van der Waals surface area contributed by atoms with E-state index in [1.54, 1.807) is 20.0 Å². The Labute approximate surface area is 103 Å². The summed E-state index contributed by atoms with van der Waals surface area (Å²) < 4.78 is 37.6. The fraction of sp³-hybridized carbons (Fsp3) is 0.417. The summed E-state index contributed by atoms with van der Waals surface area (Å²) in [6.45, 7) is 1.77. The molecule has 1 atom stereocenters. The van der Waals surface area contributed by atoms with Gasteiger partial charge in [-0.3, -0.25) is 4.79 Å². The molecular weight excluding hydrogens is 245 g/mol. The molecule has 2 N–H and O–H groups in total. The van der Waals surface area contributed by atoms with Crippen LogP contribution >= 0.6 is 0 Å². The molecule has 0 radical (unpaired) electrons. The molecule has 0 aliphatic heterocycles. The van der Waals surface area contributed by atoms with Crippen LogP contribution in [-0.4, -0.2) is 19.5 Å². The minimum atomic E-state index is -4.37. The lowest BCUT2D eigenvalue weighted by atomic mass is 10.0. The van der Waals surface area contributed by atoms with Gasteiger partial charge in [-0.25, -0.2) is 0 Å². The number of halogens is 3. The van der Waals surface area contributed by atoms with Crippen LogP contribution in [-0.2, 0) is 11.0 Å². The zero-order valence-electron chi connectivity index (χ0n) is 10.1. The van der Waals surface area contributed by atoms with Crippen LogP contribution in [0, 0.1) is 0 Å². The van der Waals surface area contributed by atoms with Crippen LogP contribution in [0.1, 0.15) is 24.1 Å². The molecule has 1 rings (SSSR count). The van der Waals surface area contributed by atoms with E-state index in [4.69, 9.17) is 0 Å². The number of carbonyl (C=O) groups is 1. The smallest absolute Gasteiger partial charge is 0.348 e. The van der Waals surface area contributed by atoms with E-state index in [2.05, 4.69) is 10.6 Å². The summed E-state index contributed by atoms with van der Waals surface area (Å²) in [5.41, 5.74) is -0.288. The van der Waals surface area contributed by atoms with Gasteiger partial charge in [0.2, 0.25) is 5.91 Å². The van der Waals surface area contributed by atoms with E-state index in [1.807, 2.05) is 0 Å². The zero-order chi connectivity index (χ0) is 13.8. The Morgan fingerprint density at radius 1 is 1.39 bits per heavy atom. The van der Waals surface area contributed by atoms with Crippen LogP contribution in [0.25, 0.3) is 0 Å². The summed E-state index contributed by atoms with van der Waals surface area (Å²) in [7, 11) is 1.62. The largest absolute Gasteiger partial charge is 0.416 e. The summed E-state index contributed by atoms with van der Waals surface area (Å²) in [4.78, 5) is 11.3. The van der Waals surface area contributed by atoms with E-state index < -0.39 is 17.8 Å². The lowest BCUT2D eigenvalue weighted by molar-refractivity contribution is -0.137. The molecule has 1 aromatic carbocycles. The van der Waals surface area contributed by atoms with Gasteiger partial charge in [0.25, 0.3) is 0 Å². The average Bonchev–Trinajstić information content (AvgIpc) is 2.28. The first-order valence-electron chi connectivity index (χ1n) is 5.45. The van der Waals surface area contributed by atoms with E-state index in [1.165, 1.54) is 6.07 Å². The number of amides is 1. The highest BCUT2D eigenvalue weighted by Crippen LogP contribution is 2.30. The van der Waals surface area contributed by atoms with Gasteiger partial charge >= 0.3 is 6.18 Å². The molecule has 0 fully saturated rings. The number of rotatable bonds is 4. The lowest BCUT2D eigenvalue weighted by Crippen LogP contribution is -2.34. The minimum Gasteiger partial charge on any atom is -0.348 e. The Bertz CT molecular complexity index is 418. The second kappa shape index (κ2) is 5.86. The highest BCUT2D eigenvalue weighted by molar-refractivity contribution is 5.78. The van der Waals surface area contributed by atoms with Crippen LogP contribution in [0.3, 0.4) is 0 Å². The standard InChI is InChI=1S/C12H15F3N2O/c1-8(17-11(18)7-16-2)9-4-3-5-10(6-9)12(13,14)15/h3-6,8,16H,7H2,1-2H3,(H,17,18). The fourth-order valence-corrected chi connectivity index (χ4v) is 1.52. The number of likely N-dealkylation sites (N-methyl/N-ethyl adjacent to an activating group) is 1. The molecule has 100 valence electrons. The maximum Gasteiger partial charge on any atom is 0.416 e. The highest BCUT2D eigenvalue weighted by atomic mass is 19.4. The van der Waals surface area contributed by atoms with Crippen LogP contribution in [0.15, 0.2) is 24.3 Å². The molecule has 6 heteroatoms.